The van der Waals surface area contributed by atoms with Gasteiger partial charge in [0.15, 0.2) is 0 Å². The summed E-state index contributed by atoms with van der Waals surface area (Å²) < 4.78 is 0. The number of hydrogen-bond donors (Lipinski definition) is 0. The molecule has 0 aliphatic heterocycles. The van der Waals surface area contributed by atoms with E-state index in [9.17, 15) is 0 Å². The van der Waals surface area contributed by atoms with Crippen LogP contribution in [0.1, 0.15) is 33.4 Å². The molecule has 0 fully saturated rings. The molecule has 0 amide bonds. The zero-order chi connectivity index (χ0) is 28.8. The first-order valence-electron chi connectivity index (χ1n) is 13.6. The van der Waals surface area contributed by atoms with E-state index in [0.29, 0.717) is 0 Å². The van der Waals surface area contributed by atoms with Crippen molar-refractivity contribution in [3.05, 3.63) is 143 Å². The predicted molar refractivity (Wildman–Crippen MR) is 177 cm³/mol. The van der Waals surface area contributed by atoms with Crippen LogP contribution in [-0.2, 0) is 18.0 Å². The molecule has 0 saturated heterocycles. The van der Waals surface area contributed by atoms with Gasteiger partial charge in [-0.1, -0.05) is 51.0 Å². The standard InChI is InChI=1S/C12H10Si.2C12H13.2ClH.Zr/c1-3-7-11(8-4-1)13-12-9-5-2-6-10-12;2*1-8-6-11-9(2)4-5-10(3)12(11)7-8;;;/h1-10H;2*4-7H,1-3H3;2*1H;/q;2*-1;;;+2/p-2. The molecule has 0 saturated carbocycles. The molecule has 40 heavy (non-hydrogen) atoms. The molecule has 6 aromatic rings. The first-order chi connectivity index (χ1) is 19.2. The van der Waals surface area contributed by atoms with Crippen LogP contribution in [-0.4, -0.2) is 5.43 Å². The number of benzene rings is 4. The van der Waals surface area contributed by atoms with Crippen LogP contribution in [0.3, 0.4) is 0 Å². The Labute approximate surface area is 254 Å². The fourth-order valence-corrected chi connectivity index (χ4v) is 20.3. The van der Waals surface area contributed by atoms with Gasteiger partial charge >= 0.3 is 111 Å². The molecular weight excluding hydrogens is 623 g/mol. The van der Waals surface area contributed by atoms with Crippen molar-refractivity contribution < 1.29 is 18.0 Å². The number of fused-ring (bicyclic) bond motifs is 2. The zero-order valence-electron chi connectivity index (χ0n) is 24.1. The third kappa shape index (κ3) is 7.54. The molecular formula is C36H36Cl2SiZr-2. The average molecular weight is 659 g/mol. The van der Waals surface area contributed by atoms with Gasteiger partial charge in [0, 0.05) is 0 Å². The normalized spacial score (nSPS) is 10.5. The summed E-state index contributed by atoms with van der Waals surface area (Å²) in [5, 5.41) is 8.30. The van der Waals surface area contributed by atoms with Gasteiger partial charge in [-0.05, 0) is 13.8 Å². The second kappa shape index (κ2) is 14.1. The predicted octanol–water partition coefficient (Wildman–Crippen LogP) is 9.69. The number of aryl methyl sites for hydroxylation is 6. The van der Waals surface area contributed by atoms with Gasteiger partial charge in [0.2, 0.25) is 0 Å². The molecule has 0 unspecified atom stereocenters. The van der Waals surface area contributed by atoms with Crippen molar-refractivity contribution in [1.29, 1.82) is 0 Å². The van der Waals surface area contributed by atoms with Crippen LogP contribution in [0.2, 0.25) is 0 Å². The van der Waals surface area contributed by atoms with E-state index < -0.39 is 23.4 Å². The molecule has 0 heterocycles. The summed E-state index contributed by atoms with van der Waals surface area (Å²) in [7, 11) is 12.6. The molecule has 6 rings (SSSR count). The number of halogens is 2. The van der Waals surface area contributed by atoms with E-state index >= 15 is 0 Å². The Bertz CT molecular complexity index is 1550. The Morgan fingerprint density at radius 2 is 0.850 bits per heavy atom. The van der Waals surface area contributed by atoms with Gasteiger partial charge in [0.25, 0.3) is 0 Å². The van der Waals surface area contributed by atoms with Crippen molar-refractivity contribution >= 4 is 54.4 Å². The van der Waals surface area contributed by atoms with E-state index in [1.807, 2.05) is 12.1 Å². The molecule has 0 N–H and O–H groups in total. The van der Waals surface area contributed by atoms with E-state index in [0.717, 1.165) is 0 Å². The van der Waals surface area contributed by atoms with E-state index in [-0.39, 0.29) is 0 Å². The molecule has 0 aliphatic carbocycles. The van der Waals surface area contributed by atoms with Crippen LogP contribution >= 0.6 is 17.0 Å². The monoisotopic (exact) mass is 656 g/mol. The molecule has 0 spiro atoms. The summed E-state index contributed by atoms with van der Waals surface area (Å²) in [5.74, 6) is 0. The summed E-state index contributed by atoms with van der Waals surface area (Å²) in [6.07, 6.45) is 0. The third-order valence-electron chi connectivity index (χ3n) is 7.25. The summed E-state index contributed by atoms with van der Waals surface area (Å²) in [5.41, 5.74) is 7.35. The van der Waals surface area contributed by atoms with Crippen LogP contribution in [0.25, 0.3) is 21.5 Å². The van der Waals surface area contributed by atoms with Crippen molar-refractivity contribution in [3.8, 4) is 0 Å². The quantitative estimate of drug-likeness (QED) is 0.128. The average Bonchev–Trinajstić information content (AvgIpc) is 3.55. The fraction of sp³-hybridized carbons (Fsp3) is 0.167. The maximum absolute atomic E-state index is 6.32. The molecule has 0 radical (unpaired) electrons. The van der Waals surface area contributed by atoms with E-state index in [2.05, 4.69) is 139 Å². The van der Waals surface area contributed by atoms with Gasteiger partial charge in [0.05, 0.1) is 0 Å². The van der Waals surface area contributed by atoms with Crippen LogP contribution in [0.4, 0.5) is 0 Å². The topological polar surface area (TPSA) is 0 Å². The van der Waals surface area contributed by atoms with Gasteiger partial charge in [-0.25, -0.2) is 0 Å². The second-order valence-electron chi connectivity index (χ2n) is 10.5. The SMILES string of the molecule is Cc1cc2c(C)ccc(C)c2[cH-]1.Cc1cc2c(C)ccc(C)c2[cH-]1.[Cl][Zr]([Cl])=[Si](c1ccccc1)c1ccccc1. The number of hydrogen-bond acceptors (Lipinski definition) is 0. The number of rotatable bonds is 2. The van der Waals surface area contributed by atoms with Gasteiger partial charge < -0.3 is 0 Å². The summed E-state index contributed by atoms with van der Waals surface area (Å²) in [6.45, 7) is 13.0. The molecule has 204 valence electrons. The molecule has 0 bridgehead atoms. The van der Waals surface area contributed by atoms with Crippen molar-refractivity contribution in [2.24, 2.45) is 0 Å². The van der Waals surface area contributed by atoms with Gasteiger partial charge in [-0.15, -0.1) is 68.1 Å². The van der Waals surface area contributed by atoms with Gasteiger partial charge in [-0.3, -0.25) is 0 Å². The molecule has 6 aromatic carbocycles. The van der Waals surface area contributed by atoms with E-state index in [1.165, 1.54) is 65.3 Å². The Morgan fingerprint density at radius 3 is 1.18 bits per heavy atom. The second-order valence-corrected chi connectivity index (χ2v) is 29.7. The third-order valence-corrected chi connectivity index (χ3v) is 23.2. The maximum atomic E-state index is 6.32. The van der Waals surface area contributed by atoms with Crippen LogP contribution in [0.5, 0.6) is 0 Å². The Kier molecular flexibility index (Phi) is 10.8. The van der Waals surface area contributed by atoms with Crippen molar-refractivity contribution in [2.45, 2.75) is 41.5 Å². The van der Waals surface area contributed by atoms with E-state index in [1.54, 1.807) is 0 Å². The molecule has 0 aromatic heterocycles. The Balaban J connectivity index is 0.000000141. The van der Waals surface area contributed by atoms with Crippen LogP contribution in [0.15, 0.2) is 109 Å². The molecule has 4 heteroatoms. The fourth-order valence-electron chi connectivity index (χ4n) is 5.06. The van der Waals surface area contributed by atoms with Crippen LogP contribution < -0.4 is 10.4 Å². The van der Waals surface area contributed by atoms with E-state index in [4.69, 9.17) is 17.0 Å². The molecule has 0 aliphatic rings. The first-order valence-corrected chi connectivity index (χ1v) is 25.1. The zero-order valence-corrected chi connectivity index (χ0v) is 29.1. The van der Waals surface area contributed by atoms with Crippen molar-refractivity contribution in [1.82, 2.24) is 0 Å². The Hall–Kier alpha value is -2.22. The minimum absolute atomic E-state index is 0.889. The minimum atomic E-state index is -2.26. The van der Waals surface area contributed by atoms with Crippen molar-refractivity contribution in [2.75, 3.05) is 0 Å². The van der Waals surface area contributed by atoms with Crippen molar-refractivity contribution in [3.63, 3.8) is 0 Å². The Morgan fingerprint density at radius 1 is 0.500 bits per heavy atom. The van der Waals surface area contributed by atoms with Gasteiger partial charge in [-0.2, -0.15) is 12.1 Å². The van der Waals surface area contributed by atoms with Gasteiger partial charge in [0.1, 0.15) is 0 Å². The molecule has 0 atom stereocenters. The summed E-state index contributed by atoms with van der Waals surface area (Å²) in [6, 6.07) is 38.7. The summed E-state index contributed by atoms with van der Waals surface area (Å²) >= 11 is -2.26. The first kappa shape index (κ1) is 30.7. The summed E-state index contributed by atoms with van der Waals surface area (Å²) in [4.78, 5) is 0. The van der Waals surface area contributed by atoms with Crippen LogP contribution in [0, 0.1) is 41.5 Å². The molecule has 0 nitrogen and oxygen atoms in total.